The normalized spacial score (nSPS) is 24.1. The number of benzene rings is 2. The molecule has 0 spiro atoms. The lowest BCUT2D eigenvalue weighted by Gasteiger charge is -2.28. The lowest BCUT2D eigenvalue weighted by molar-refractivity contribution is 0.0545. The second-order valence-electron chi connectivity index (χ2n) is 11.5. The third kappa shape index (κ3) is 5.32. The Balaban J connectivity index is 1.22. The summed E-state index contributed by atoms with van der Waals surface area (Å²) in [6, 6.07) is 11.7. The van der Waals surface area contributed by atoms with E-state index in [1.165, 1.54) is 50.7 Å². The molecule has 2 aromatic carbocycles. The summed E-state index contributed by atoms with van der Waals surface area (Å²) in [5.41, 5.74) is 4.72. The van der Waals surface area contributed by atoms with Crippen LogP contribution < -0.4 is 5.32 Å². The molecule has 1 N–H and O–H groups in total. The minimum absolute atomic E-state index is 0.295. The number of anilines is 1. The summed E-state index contributed by atoms with van der Waals surface area (Å²) in [6.45, 7) is 9.24. The standard InChI is InChI=1S/C31H36F2N4O/c1-19-3-5-24(32)13-27(19)29-15-30(28-14-25(33)6-4-20(28)2)35-36-31(29)34-26-11-22-17-37(18-23(22)12-26)16-21-7-9-38-10-8-21/h3-6,13-15,21-23,26H,7-12,16-18H2,1-2H3,(H,34,36)/t22-,23+,26+. The number of aromatic nitrogens is 2. The van der Waals surface area contributed by atoms with E-state index in [0.717, 1.165) is 54.2 Å². The number of rotatable bonds is 6. The second-order valence-corrected chi connectivity index (χ2v) is 11.5. The molecule has 0 bridgehead atoms. The zero-order valence-corrected chi connectivity index (χ0v) is 22.2. The fraction of sp³-hybridized carbons (Fsp3) is 0.484. The zero-order chi connectivity index (χ0) is 26.2. The highest BCUT2D eigenvalue weighted by Crippen LogP contribution is 2.41. The van der Waals surface area contributed by atoms with Crippen molar-refractivity contribution in [2.75, 3.05) is 38.2 Å². The Morgan fingerprint density at radius 3 is 2.16 bits per heavy atom. The van der Waals surface area contributed by atoms with Crippen LogP contribution in [-0.2, 0) is 4.74 Å². The number of aryl methyl sites for hydroxylation is 2. The van der Waals surface area contributed by atoms with Gasteiger partial charge in [-0.25, -0.2) is 8.78 Å². The van der Waals surface area contributed by atoms with Crippen LogP contribution in [0.1, 0.15) is 36.8 Å². The van der Waals surface area contributed by atoms with Gasteiger partial charge in [0.25, 0.3) is 0 Å². The number of likely N-dealkylation sites (tertiary alicyclic amines) is 1. The van der Waals surface area contributed by atoms with Crippen LogP contribution in [0.25, 0.3) is 22.4 Å². The van der Waals surface area contributed by atoms with Crippen LogP contribution in [0.3, 0.4) is 0 Å². The highest BCUT2D eigenvalue weighted by molar-refractivity contribution is 5.81. The van der Waals surface area contributed by atoms with Crippen LogP contribution in [0, 0.1) is 43.2 Å². The van der Waals surface area contributed by atoms with Gasteiger partial charge in [-0.15, -0.1) is 10.2 Å². The summed E-state index contributed by atoms with van der Waals surface area (Å²) in [6.07, 6.45) is 4.57. The molecule has 1 aromatic heterocycles. The van der Waals surface area contributed by atoms with Crippen LogP contribution in [0.5, 0.6) is 0 Å². The van der Waals surface area contributed by atoms with Crippen LogP contribution in [0.15, 0.2) is 42.5 Å². The molecule has 5 nitrogen and oxygen atoms in total. The van der Waals surface area contributed by atoms with Crippen molar-refractivity contribution >= 4 is 5.82 Å². The largest absolute Gasteiger partial charge is 0.381 e. The molecule has 3 aromatic rings. The molecule has 3 heterocycles. The van der Waals surface area contributed by atoms with Gasteiger partial charge in [-0.3, -0.25) is 0 Å². The summed E-state index contributed by atoms with van der Waals surface area (Å²) in [4.78, 5) is 2.67. The highest BCUT2D eigenvalue weighted by Gasteiger charge is 2.41. The molecule has 3 atom stereocenters. The van der Waals surface area contributed by atoms with E-state index < -0.39 is 0 Å². The van der Waals surface area contributed by atoms with E-state index in [-0.39, 0.29) is 11.6 Å². The number of fused-ring (bicyclic) bond motifs is 1. The molecule has 0 amide bonds. The molecule has 3 aliphatic rings. The van der Waals surface area contributed by atoms with Crippen LogP contribution in [0.4, 0.5) is 14.6 Å². The highest BCUT2D eigenvalue weighted by atomic mass is 19.1. The van der Waals surface area contributed by atoms with Gasteiger partial charge in [0.15, 0.2) is 5.82 Å². The Morgan fingerprint density at radius 2 is 1.47 bits per heavy atom. The van der Waals surface area contributed by atoms with Crippen molar-refractivity contribution in [3.8, 4) is 22.4 Å². The lowest BCUT2D eigenvalue weighted by Crippen LogP contribution is -2.32. The van der Waals surface area contributed by atoms with Crippen molar-refractivity contribution in [3.63, 3.8) is 0 Å². The first-order valence-corrected chi connectivity index (χ1v) is 13.9. The number of nitrogens with one attached hydrogen (secondary N) is 1. The average molecular weight is 519 g/mol. The number of ether oxygens (including phenoxy) is 1. The molecule has 38 heavy (non-hydrogen) atoms. The summed E-state index contributed by atoms with van der Waals surface area (Å²) in [5.74, 6) is 2.20. The van der Waals surface area contributed by atoms with Crippen molar-refractivity contribution in [1.29, 1.82) is 0 Å². The molecular formula is C31H36F2N4O. The van der Waals surface area contributed by atoms with E-state index in [1.54, 1.807) is 18.2 Å². The van der Waals surface area contributed by atoms with E-state index in [9.17, 15) is 8.78 Å². The predicted molar refractivity (Wildman–Crippen MR) is 146 cm³/mol. The maximum absolute atomic E-state index is 14.4. The van der Waals surface area contributed by atoms with Gasteiger partial charge in [0.05, 0.1) is 5.69 Å². The Bertz CT molecular complexity index is 1300. The second kappa shape index (κ2) is 10.7. The SMILES string of the molecule is Cc1ccc(F)cc1-c1cc(-c2cc(F)ccc2C)c(N[C@H]2C[C@@H]3CN(CC4CCOCC4)C[C@@H]3C2)nn1. The third-order valence-electron chi connectivity index (χ3n) is 8.78. The summed E-state index contributed by atoms with van der Waals surface area (Å²) in [7, 11) is 0. The molecule has 200 valence electrons. The molecular weight excluding hydrogens is 482 g/mol. The van der Waals surface area contributed by atoms with Crippen molar-refractivity contribution in [2.45, 2.75) is 45.6 Å². The zero-order valence-electron chi connectivity index (χ0n) is 22.2. The lowest BCUT2D eigenvalue weighted by atomic mass is 9.98. The van der Waals surface area contributed by atoms with Gasteiger partial charge in [0, 0.05) is 50.0 Å². The maximum atomic E-state index is 14.4. The van der Waals surface area contributed by atoms with Crippen molar-refractivity contribution in [1.82, 2.24) is 15.1 Å². The molecule has 1 saturated carbocycles. The van der Waals surface area contributed by atoms with Gasteiger partial charge in [-0.2, -0.15) is 0 Å². The fourth-order valence-electron chi connectivity index (χ4n) is 6.74. The first-order chi connectivity index (χ1) is 18.4. The maximum Gasteiger partial charge on any atom is 0.156 e. The third-order valence-corrected chi connectivity index (χ3v) is 8.78. The summed E-state index contributed by atoms with van der Waals surface area (Å²) >= 11 is 0. The Labute approximate surface area is 223 Å². The number of hydrogen-bond acceptors (Lipinski definition) is 5. The summed E-state index contributed by atoms with van der Waals surface area (Å²) < 4.78 is 34.0. The Hall–Kier alpha value is -2.90. The van der Waals surface area contributed by atoms with Gasteiger partial charge < -0.3 is 15.0 Å². The van der Waals surface area contributed by atoms with E-state index in [4.69, 9.17) is 4.74 Å². The van der Waals surface area contributed by atoms with Gasteiger partial charge in [-0.1, -0.05) is 12.1 Å². The topological polar surface area (TPSA) is 50.3 Å². The molecule has 6 rings (SSSR count). The first kappa shape index (κ1) is 25.4. The smallest absolute Gasteiger partial charge is 0.156 e. The van der Waals surface area contributed by atoms with E-state index in [2.05, 4.69) is 20.4 Å². The summed E-state index contributed by atoms with van der Waals surface area (Å²) in [5, 5.41) is 12.8. The number of hydrogen-bond donors (Lipinski definition) is 1. The molecule has 1 aliphatic carbocycles. The van der Waals surface area contributed by atoms with Crippen LogP contribution in [0.2, 0.25) is 0 Å². The quantitative estimate of drug-likeness (QED) is 0.418. The van der Waals surface area contributed by atoms with Gasteiger partial charge in [-0.05, 0) is 104 Å². The first-order valence-electron chi connectivity index (χ1n) is 13.9. The molecule has 7 heteroatoms. The minimum Gasteiger partial charge on any atom is -0.381 e. The molecule has 2 aliphatic heterocycles. The van der Waals surface area contributed by atoms with E-state index in [0.29, 0.717) is 35.0 Å². The number of nitrogens with zero attached hydrogens (tertiary/aromatic N) is 3. The van der Waals surface area contributed by atoms with Gasteiger partial charge in [0.1, 0.15) is 11.6 Å². The monoisotopic (exact) mass is 518 g/mol. The van der Waals surface area contributed by atoms with Gasteiger partial charge >= 0.3 is 0 Å². The average Bonchev–Trinajstić information content (AvgIpc) is 3.46. The fourth-order valence-corrected chi connectivity index (χ4v) is 6.74. The Kier molecular flexibility index (Phi) is 7.14. The van der Waals surface area contributed by atoms with Crippen LogP contribution in [-0.4, -0.2) is 54.0 Å². The van der Waals surface area contributed by atoms with Crippen molar-refractivity contribution in [2.24, 2.45) is 17.8 Å². The van der Waals surface area contributed by atoms with Crippen molar-refractivity contribution < 1.29 is 13.5 Å². The molecule has 0 unspecified atom stereocenters. The number of halogens is 2. The minimum atomic E-state index is -0.318. The Morgan fingerprint density at radius 1 is 0.842 bits per heavy atom. The van der Waals surface area contributed by atoms with Gasteiger partial charge in [0.2, 0.25) is 0 Å². The predicted octanol–water partition coefficient (Wildman–Crippen LogP) is 6.25. The van der Waals surface area contributed by atoms with Crippen LogP contribution >= 0.6 is 0 Å². The molecule has 3 fully saturated rings. The van der Waals surface area contributed by atoms with E-state index >= 15 is 0 Å². The van der Waals surface area contributed by atoms with E-state index in [1.807, 2.05) is 19.9 Å². The molecule has 0 radical (unpaired) electrons. The van der Waals surface area contributed by atoms with Crippen molar-refractivity contribution in [3.05, 3.63) is 65.2 Å². The molecule has 2 saturated heterocycles.